The number of ether oxygens (including phenoxy) is 1. The van der Waals surface area contributed by atoms with Gasteiger partial charge in [-0.3, -0.25) is 4.98 Å². The van der Waals surface area contributed by atoms with Gasteiger partial charge in [0.25, 0.3) is 0 Å². The summed E-state index contributed by atoms with van der Waals surface area (Å²) in [5.41, 5.74) is 7.87. The van der Waals surface area contributed by atoms with E-state index < -0.39 is 0 Å². The van der Waals surface area contributed by atoms with Gasteiger partial charge >= 0.3 is 0 Å². The average molecular weight is 235 g/mol. The van der Waals surface area contributed by atoms with E-state index in [1.54, 1.807) is 0 Å². The van der Waals surface area contributed by atoms with Crippen LogP contribution >= 0.6 is 0 Å². The predicted molar refractivity (Wildman–Crippen MR) is 69.1 cm³/mol. The van der Waals surface area contributed by atoms with Crippen molar-refractivity contribution in [1.29, 1.82) is 0 Å². The lowest BCUT2D eigenvalue weighted by Gasteiger charge is -2.36. The zero-order valence-corrected chi connectivity index (χ0v) is 10.8. The first kappa shape index (κ1) is 12.3. The van der Waals surface area contributed by atoms with Gasteiger partial charge in [-0.15, -0.1) is 0 Å². The SMILES string of the molecule is C[C@@H]1CN(c2ccc([C@H](C)N)nc2)C[C@H](C)O1. The van der Waals surface area contributed by atoms with E-state index in [1.165, 1.54) is 0 Å². The van der Waals surface area contributed by atoms with Crippen molar-refractivity contribution in [2.75, 3.05) is 18.0 Å². The van der Waals surface area contributed by atoms with Gasteiger partial charge in [0.1, 0.15) is 0 Å². The van der Waals surface area contributed by atoms with Gasteiger partial charge in [-0.25, -0.2) is 0 Å². The van der Waals surface area contributed by atoms with Crippen molar-refractivity contribution in [3.05, 3.63) is 24.0 Å². The zero-order valence-electron chi connectivity index (χ0n) is 10.8. The lowest BCUT2D eigenvalue weighted by atomic mass is 10.2. The quantitative estimate of drug-likeness (QED) is 0.848. The third-order valence-electron chi connectivity index (χ3n) is 3.02. The van der Waals surface area contributed by atoms with E-state index in [4.69, 9.17) is 10.5 Å². The second-order valence-corrected chi connectivity index (χ2v) is 4.89. The smallest absolute Gasteiger partial charge is 0.0726 e. The Morgan fingerprint density at radius 1 is 1.35 bits per heavy atom. The average Bonchev–Trinajstić information content (AvgIpc) is 2.28. The van der Waals surface area contributed by atoms with Crippen LogP contribution in [0.4, 0.5) is 5.69 Å². The van der Waals surface area contributed by atoms with Crippen LogP contribution in [0.15, 0.2) is 18.3 Å². The summed E-state index contributed by atoms with van der Waals surface area (Å²) in [6, 6.07) is 4.09. The molecule has 2 N–H and O–H groups in total. The fraction of sp³-hybridized carbons (Fsp3) is 0.615. The number of nitrogens with two attached hydrogens (primary N) is 1. The van der Waals surface area contributed by atoms with E-state index in [-0.39, 0.29) is 18.2 Å². The van der Waals surface area contributed by atoms with Gasteiger partial charge in [-0.2, -0.15) is 0 Å². The Morgan fingerprint density at radius 3 is 2.47 bits per heavy atom. The van der Waals surface area contributed by atoms with E-state index in [1.807, 2.05) is 19.2 Å². The van der Waals surface area contributed by atoms with Crippen LogP contribution in [0.3, 0.4) is 0 Å². The van der Waals surface area contributed by atoms with Crippen LogP contribution in [0, 0.1) is 0 Å². The lowest BCUT2D eigenvalue weighted by molar-refractivity contribution is -0.00523. The molecule has 0 saturated carbocycles. The molecule has 4 nitrogen and oxygen atoms in total. The summed E-state index contributed by atoms with van der Waals surface area (Å²) in [6.45, 7) is 7.99. The first-order valence-electron chi connectivity index (χ1n) is 6.18. The summed E-state index contributed by atoms with van der Waals surface area (Å²) < 4.78 is 5.72. The van der Waals surface area contributed by atoms with Gasteiger partial charge < -0.3 is 15.4 Å². The van der Waals surface area contributed by atoms with Crippen molar-refractivity contribution in [1.82, 2.24) is 4.98 Å². The first-order valence-corrected chi connectivity index (χ1v) is 6.18. The number of hydrogen-bond acceptors (Lipinski definition) is 4. The number of morpholine rings is 1. The maximum atomic E-state index is 5.79. The highest BCUT2D eigenvalue weighted by atomic mass is 16.5. The molecule has 1 aliphatic rings. The maximum absolute atomic E-state index is 5.79. The van der Waals surface area contributed by atoms with Crippen LogP contribution in [0.2, 0.25) is 0 Å². The molecule has 1 aromatic heterocycles. The van der Waals surface area contributed by atoms with Crippen LogP contribution in [-0.2, 0) is 4.74 Å². The fourth-order valence-corrected chi connectivity index (χ4v) is 2.24. The van der Waals surface area contributed by atoms with Crippen LogP contribution in [0.5, 0.6) is 0 Å². The molecule has 17 heavy (non-hydrogen) atoms. The third-order valence-corrected chi connectivity index (χ3v) is 3.02. The van der Waals surface area contributed by atoms with E-state index in [0.717, 1.165) is 24.5 Å². The van der Waals surface area contributed by atoms with Crippen molar-refractivity contribution < 1.29 is 4.74 Å². The minimum Gasteiger partial charge on any atom is -0.372 e. The molecule has 1 aromatic rings. The molecule has 0 radical (unpaired) electrons. The summed E-state index contributed by atoms with van der Waals surface area (Å²) in [7, 11) is 0. The summed E-state index contributed by atoms with van der Waals surface area (Å²) in [5.74, 6) is 0. The number of pyridine rings is 1. The molecule has 0 amide bonds. The van der Waals surface area contributed by atoms with E-state index >= 15 is 0 Å². The molecule has 0 unspecified atom stereocenters. The molecule has 2 heterocycles. The minimum absolute atomic E-state index is 0.00779. The molecular weight excluding hydrogens is 214 g/mol. The number of aromatic nitrogens is 1. The van der Waals surface area contributed by atoms with Crippen molar-refractivity contribution in [3.8, 4) is 0 Å². The number of hydrogen-bond donors (Lipinski definition) is 1. The molecule has 3 atom stereocenters. The van der Waals surface area contributed by atoms with Crippen LogP contribution in [-0.4, -0.2) is 30.3 Å². The van der Waals surface area contributed by atoms with Gasteiger partial charge in [0, 0.05) is 19.1 Å². The molecule has 1 aliphatic heterocycles. The molecule has 1 fully saturated rings. The Labute approximate surface area is 103 Å². The summed E-state index contributed by atoms with van der Waals surface area (Å²) >= 11 is 0. The van der Waals surface area contributed by atoms with Crippen molar-refractivity contribution in [2.45, 2.75) is 39.0 Å². The minimum atomic E-state index is -0.00779. The molecule has 2 rings (SSSR count). The van der Waals surface area contributed by atoms with Crippen molar-refractivity contribution >= 4 is 5.69 Å². The second-order valence-electron chi connectivity index (χ2n) is 4.89. The molecule has 1 saturated heterocycles. The third kappa shape index (κ3) is 2.96. The Morgan fingerprint density at radius 2 is 2.00 bits per heavy atom. The predicted octanol–water partition coefficient (Wildman–Crippen LogP) is 1.71. The molecule has 0 spiro atoms. The second kappa shape index (κ2) is 5.02. The molecule has 0 aromatic carbocycles. The number of rotatable bonds is 2. The Hall–Kier alpha value is -1.13. The Balaban J connectivity index is 2.11. The van der Waals surface area contributed by atoms with E-state index in [9.17, 15) is 0 Å². The molecule has 0 bridgehead atoms. The van der Waals surface area contributed by atoms with Gasteiger partial charge in [-0.1, -0.05) is 0 Å². The highest BCUT2D eigenvalue weighted by molar-refractivity contribution is 5.45. The van der Waals surface area contributed by atoms with E-state index in [0.29, 0.717) is 0 Å². The van der Waals surface area contributed by atoms with Gasteiger partial charge in [-0.05, 0) is 32.9 Å². The maximum Gasteiger partial charge on any atom is 0.0726 e. The zero-order chi connectivity index (χ0) is 12.4. The Bertz CT molecular complexity index is 353. The standard InChI is InChI=1S/C13H21N3O/c1-9-7-16(8-10(2)17-9)12-4-5-13(11(3)14)15-6-12/h4-6,9-11H,7-8,14H2,1-3H3/t9-,10+,11-/m0/s1. The first-order chi connectivity index (χ1) is 8.06. The van der Waals surface area contributed by atoms with Crippen molar-refractivity contribution in [2.24, 2.45) is 5.73 Å². The van der Waals surface area contributed by atoms with E-state index in [2.05, 4.69) is 29.8 Å². The van der Waals surface area contributed by atoms with Crippen molar-refractivity contribution in [3.63, 3.8) is 0 Å². The fourth-order valence-electron chi connectivity index (χ4n) is 2.24. The van der Waals surface area contributed by atoms with Gasteiger partial charge in [0.2, 0.25) is 0 Å². The highest BCUT2D eigenvalue weighted by Crippen LogP contribution is 2.20. The monoisotopic (exact) mass is 235 g/mol. The van der Waals surface area contributed by atoms with Crippen LogP contribution in [0.1, 0.15) is 32.5 Å². The summed E-state index contributed by atoms with van der Waals surface area (Å²) in [4.78, 5) is 6.71. The highest BCUT2D eigenvalue weighted by Gasteiger charge is 2.22. The molecule has 4 heteroatoms. The van der Waals surface area contributed by atoms with Crippen LogP contribution in [0.25, 0.3) is 0 Å². The molecular formula is C13H21N3O. The summed E-state index contributed by atoms with van der Waals surface area (Å²) in [5, 5.41) is 0. The lowest BCUT2D eigenvalue weighted by Crippen LogP contribution is -2.45. The number of nitrogens with zero attached hydrogens (tertiary/aromatic N) is 2. The normalized spacial score (nSPS) is 26.9. The van der Waals surface area contributed by atoms with Gasteiger partial charge in [0.15, 0.2) is 0 Å². The molecule has 94 valence electrons. The van der Waals surface area contributed by atoms with Gasteiger partial charge in [0.05, 0.1) is 29.8 Å². The molecule has 0 aliphatic carbocycles. The summed E-state index contributed by atoms with van der Waals surface area (Å²) in [6.07, 6.45) is 2.45. The topological polar surface area (TPSA) is 51.4 Å². The number of anilines is 1. The largest absolute Gasteiger partial charge is 0.372 e. The Kier molecular flexibility index (Phi) is 3.64. The van der Waals surface area contributed by atoms with Crippen LogP contribution < -0.4 is 10.6 Å².